The van der Waals surface area contributed by atoms with Gasteiger partial charge >= 0.3 is 6.03 Å². The average molecular weight is 430 g/mol. The summed E-state index contributed by atoms with van der Waals surface area (Å²) in [6.45, 7) is 1.10. The average Bonchev–Trinajstić information content (AvgIpc) is 3.01. The fourth-order valence-corrected chi connectivity index (χ4v) is 3.24. The van der Waals surface area contributed by atoms with E-state index in [1.165, 1.54) is 4.90 Å². The van der Waals surface area contributed by atoms with E-state index in [1.54, 1.807) is 43.6 Å². The first kappa shape index (κ1) is 21.7. The number of nitrogens with one attached hydrogen (secondary N) is 1. The molecule has 2 heterocycles. The van der Waals surface area contributed by atoms with Crippen molar-refractivity contribution in [3.05, 3.63) is 53.5 Å². The second-order valence-electron chi connectivity index (χ2n) is 6.63. The molecule has 9 nitrogen and oxygen atoms in total. The van der Waals surface area contributed by atoms with Gasteiger partial charge in [0.15, 0.2) is 5.82 Å². The zero-order valence-electron chi connectivity index (χ0n) is 16.6. The van der Waals surface area contributed by atoms with Crippen LogP contribution in [-0.4, -0.2) is 59.5 Å². The number of aryl methyl sites for hydroxylation is 1. The molecule has 1 N–H and O–H groups in total. The van der Waals surface area contributed by atoms with E-state index in [9.17, 15) is 14.4 Å². The summed E-state index contributed by atoms with van der Waals surface area (Å²) in [6.07, 6.45) is 3.42. The highest BCUT2D eigenvalue weighted by molar-refractivity contribution is 7.82. The largest absolute Gasteiger partial charge is 0.383 e. The molecule has 0 saturated carbocycles. The Morgan fingerprint density at radius 3 is 2.53 bits per heavy atom. The molecule has 1 aromatic carbocycles. The summed E-state index contributed by atoms with van der Waals surface area (Å²) in [4.78, 5) is 46.6. The number of imide groups is 1. The number of amides is 4. The third-order valence-corrected chi connectivity index (χ3v) is 4.98. The van der Waals surface area contributed by atoms with Crippen molar-refractivity contribution in [2.24, 2.45) is 0 Å². The van der Waals surface area contributed by atoms with Crippen molar-refractivity contribution in [2.45, 2.75) is 19.3 Å². The Labute approximate surface area is 180 Å². The molecule has 158 valence electrons. The highest BCUT2D eigenvalue weighted by Crippen LogP contribution is 2.22. The van der Waals surface area contributed by atoms with Crippen molar-refractivity contribution in [1.29, 1.82) is 0 Å². The van der Waals surface area contributed by atoms with Crippen LogP contribution in [0.2, 0.25) is 0 Å². The van der Waals surface area contributed by atoms with Crippen molar-refractivity contribution >= 4 is 36.5 Å². The smallest absolute Gasteiger partial charge is 0.333 e. The molecule has 1 aromatic heterocycles. The van der Waals surface area contributed by atoms with Crippen LogP contribution in [0, 0.1) is 0 Å². The first-order valence-electron chi connectivity index (χ1n) is 9.56. The fourth-order valence-electron chi connectivity index (χ4n) is 3.06. The summed E-state index contributed by atoms with van der Waals surface area (Å²) in [5, 5.41) is 2.66. The number of benzene rings is 1. The van der Waals surface area contributed by atoms with Crippen molar-refractivity contribution in [2.75, 3.05) is 31.1 Å². The summed E-state index contributed by atoms with van der Waals surface area (Å²) >= 11 is 4.19. The molecule has 2 aromatic rings. The maximum absolute atomic E-state index is 12.4. The predicted molar refractivity (Wildman–Crippen MR) is 114 cm³/mol. The summed E-state index contributed by atoms with van der Waals surface area (Å²) in [6, 6.07) is 8.02. The summed E-state index contributed by atoms with van der Waals surface area (Å²) in [5.74, 6) is 0.412. The lowest BCUT2D eigenvalue weighted by molar-refractivity contribution is 0.0651. The van der Waals surface area contributed by atoms with Gasteiger partial charge in [-0.1, -0.05) is 24.9 Å². The Kier molecular flexibility index (Phi) is 7.36. The third kappa shape index (κ3) is 4.95. The maximum Gasteiger partial charge on any atom is 0.333 e. The molecule has 0 saturated heterocycles. The Bertz CT molecular complexity index is 904. The molecule has 0 unspecified atom stereocenters. The van der Waals surface area contributed by atoms with Gasteiger partial charge in [0.05, 0.1) is 17.7 Å². The number of nitrogens with zero attached hydrogens (tertiary/aromatic N) is 4. The van der Waals surface area contributed by atoms with Crippen molar-refractivity contribution in [1.82, 2.24) is 20.2 Å². The minimum Gasteiger partial charge on any atom is -0.383 e. The molecule has 0 bridgehead atoms. The number of urea groups is 1. The van der Waals surface area contributed by atoms with Gasteiger partial charge in [0.2, 0.25) is 0 Å². The van der Waals surface area contributed by atoms with Crippen LogP contribution in [0.4, 0.5) is 10.6 Å². The molecule has 10 heteroatoms. The summed E-state index contributed by atoms with van der Waals surface area (Å²) < 4.78 is 6.00. The van der Waals surface area contributed by atoms with Crippen molar-refractivity contribution in [3.8, 4) is 0 Å². The van der Waals surface area contributed by atoms with Gasteiger partial charge in [0.1, 0.15) is 5.82 Å². The molecular weight excluding hydrogens is 406 g/mol. The number of rotatable bonds is 9. The van der Waals surface area contributed by atoms with E-state index < -0.39 is 6.03 Å². The molecule has 0 radical (unpaired) electrons. The topological polar surface area (TPSA) is 105 Å². The minimum absolute atomic E-state index is 0.251. The molecule has 0 aliphatic carbocycles. The first-order chi connectivity index (χ1) is 14.5. The van der Waals surface area contributed by atoms with Crippen molar-refractivity contribution in [3.63, 3.8) is 0 Å². The molecule has 1 aliphatic heterocycles. The van der Waals surface area contributed by atoms with E-state index in [0.717, 1.165) is 4.31 Å². The number of anilines is 1. The molecule has 3 rings (SSSR count). The van der Waals surface area contributed by atoms with Crippen LogP contribution in [0.5, 0.6) is 0 Å². The number of thiol groups is 1. The van der Waals surface area contributed by atoms with Crippen LogP contribution < -0.4 is 9.62 Å². The maximum atomic E-state index is 12.4. The Balaban J connectivity index is 1.49. The number of carbonyl (C=O) groups excluding carboxylic acids is 3. The number of carbonyl (C=O) groups is 3. The van der Waals surface area contributed by atoms with Gasteiger partial charge in [-0.25, -0.2) is 19.1 Å². The van der Waals surface area contributed by atoms with Gasteiger partial charge in [0, 0.05) is 38.9 Å². The number of ether oxygens (including phenoxy) is 1. The number of fused-ring (bicyclic) bond motifs is 1. The molecular formula is C20H23N5O4S. The zero-order chi connectivity index (χ0) is 21.5. The van der Waals surface area contributed by atoms with Crippen LogP contribution in [0.25, 0.3) is 0 Å². The van der Waals surface area contributed by atoms with Gasteiger partial charge in [-0.2, -0.15) is 0 Å². The summed E-state index contributed by atoms with van der Waals surface area (Å²) in [5.41, 5.74) is 0.910. The normalized spacial score (nSPS) is 12.8. The number of hydrogen-bond acceptors (Lipinski definition) is 7. The van der Waals surface area contributed by atoms with Gasteiger partial charge in [-0.05, 0) is 25.0 Å². The number of unbranched alkanes of at least 4 members (excludes halogenated alkanes) is 1. The molecule has 1 aliphatic rings. The lowest BCUT2D eigenvalue weighted by atomic mass is 10.1. The van der Waals surface area contributed by atoms with Crippen molar-refractivity contribution < 1.29 is 19.1 Å². The van der Waals surface area contributed by atoms with Gasteiger partial charge < -0.3 is 10.1 Å². The Hall–Kier alpha value is -2.98. The first-order valence-corrected chi connectivity index (χ1v) is 9.96. The highest BCUT2D eigenvalue weighted by atomic mass is 32.1. The van der Waals surface area contributed by atoms with Crippen LogP contribution in [0.1, 0.15) is 39.4 Å². The van der Waals surface area contributed by atoms with Crippen LogP contribution in [0.3, 0.4) is 0 Å². The number of hydrogen-bond donors (Lipinski definition) is 2. The standard InChI is InChI=1S/C20H23N5O4S/c1-29-13-11-22-20(28)25(30)17-9-10-21-16(23-17)8-4-5-12-24-18(26)14-6-2-3-7-15(14)19(24)27/h2-3,6-7,9-10,30H,4-5,8,11-13H2,1H3,(H,22,28). The van der Waals surface area contributed by atoms with Gasteiger partial charge in [0.25, 0.3) is 11.8 Å². The lowest BCUT2D eigenvalue weighted by Crippen LogP contribution is -2.36. The fraction of sp³-hybridized carbons (Fsp3) is 0.350. The van der Waals surface area contributed by atoms with E-state index in [4.69, 9.17) is 4.74 Å². The van der Waals surface area contributed by atoms with Gasteiger partial charge in [-0.3, -0.25) is 14.5 Å². The second-order valence-corrected chi connectivity index (χ2v) is 7.03. The second kappa shape index (κ2) is 10.2. The van der Waals surface area contributed by atoms with Crippen LogP contribution in [0.15, 0.2) is 36.5 Å². The molecule has 4 amide bonds. The quantitative estimate of drug-likeness (QED) is 0.359. The van der Waals surface area contributed by atoms with E-state index in [0.29, 0.717) is 61.7 Å². The molecule has 30 heavy (non-hydrogen) atoms. The molecule has 0 atom stereocenters. The Morgan fingerprint density at radius 1 is 1.17 bits per heavy atom. The number of aromatic nitrogens is 2. The molecule has 0 fully saturated rings. The van der Waals surface area contributed by atoms with E-state index in [-0.39, 0.29) is 11.8 Å². The third-order valence-electron chi connectivity index (χ3n) is 4.59. The highest BCUT2D eigenvalue weighted by Gasteiger charge is 2.34. The van der Waals surface area contributed by atoms with E-state index >= 15 is 0 Å². The van der Waals surface area contributed by atoms with Crippen LogP contribution in [-0.2, 0) is 11.2 Å². The zero-order valence-corrected chi connectivity index (χ0v) is 17.5. The molecule has 0 spiro atoms. The SMILES string of the molecule is COCCNC(=O)N(S)c1ccnc(CCCCN2C(=O)c3ccccc3C2=O)n1. The minimum atomic E-state index is -0.411. The Morgan fingerprint density at radius 2 is 1.87 bits per heavy atom. The van der Waals surface area contributed by atoms with E-state index in [2.05, 4.69) is 28.1 Å². The van der Waals surface area contributed by atoms with Gasteiger partial charge in [-0.15, -0.1) is 0 Å². The van der Waals surface area contributed by atoms with Crippen LogP contribution >= 0.6 is 12.8 Å². The monoisotopic (exact) mass is 429 g/mol. The summed E-state index contributed by atoms with van der Waals surface area (Å²) in [7, 11) is 1.55. The predicted octanol–water partition coefficient (Wildman–Crippen LogP) is 2.10. The number of methoxy groups -OCH3 is 1. The van der Waals surface area contributed by atoms with E-state index in [1.807, 2.05) is 0 Å². The lowest BCUT2D eigenvalue weighted by Gasteiger charge is -2.16.